The Bertz CT molecular complexity index is 579. The number of hydrogen-bond acceptors (Lipinski definition) is 2. The normalized spacial score (nSPS) is 10.2. The second-order valence-corrected chi connectivity index (χ2v) is 3.55. The van der Waals surface area contributed by atoms with Crippen LogP contribution in [0.2, 0.25) is 0 Å². The summed E-state index contributed by atoms with van der Waals surface area (Å²) >= 11 is 0. The summed E-state index contributed by atoms with van der Waals surface area (Å²) in [7, 11) is 0. The Balaban J connectivity index is 2.50. The molecule has 2 aromatic carbocycles. The molecule has 0 atom stereocenters. The van der Waals surface area contributed by atoms with Crippen LogP contribution in [0.4, 0.5) is 4.39 Å². The Kier molecular flexibility index (Phi) is 2.78. The van der Waals surface area contributed by atoms with Crippen LogP contribution in [-0.4, -0.2) is 16.2 Å². The van der Waals surface area contributed by atoms with Gasteiger partial charge in [-0.15, -0.1) is 0 Å². The summed E-state index contributed by atoms with van der Waals surface area (Å²) in [5.41, 5.74) is 0.650. The minimum Gasteiger partial charge on any atom is -0.508 e. The predicted octanol–water partition coefficient (Wildman–Crippen LogP) is 2.90. The van der Waals surface area contributed by atoms with Crippen molar-refractivity contribution in [2.75, 3.05) is 0 Å². The Morgan fingerprint density at radius 2 is 1.88 bits per heavy atom. The van der Waals surface area contributed by atoms with Crippen molar-refractivity contribution in [1.29, 1.82) is 0 Å². The van der Waals surface area contributed by atoms with Gasteiger partial charge in [0.15, 0.2) is 0 Å². The molecule has 3 nitrogen and oxygen atoms in total. The van der Waals surface area contributed by atoms with E-state index in [2.05, 4.69) is 0 Å². The summed E-state index contributed by atoms with van der Waals surface area (Å²) in [5, 5.41) is 18.0. The maximum absolute atomic E-state index is 13.7. The number of halogens is 1. The van der Waals surface area contributed by atoms with Gasteiger partial charge in [0.2, 0.25) is 0 Å². The first-order valence-electron chi connectivity index (χ1n) is 4.90. The van der Waals surface area contributed by atoms with E-state index in [4.69, 9.17) is 5.11 Å². The van der Waals surface area contributed by atoms with Crippen molar-refractivity contribution in [3.05, 3.63) is 53.8 Å². The predicted molar refractivity (Wildman–Crippen MR) is 60.5 cm³/mol. The van der Waals surface area contributed by atoms with Crippen LogP contribution in [0.15, 0.2) is 42.5 Å². The fraction of sp³-hybridized carbons (Fsp3) is 0. The standard InChI is InChI=1S/C13H9FO3/c14-12-7-9(13(16)17)4-5-11(12)8-2-1-3-10(15)6-8/h1-7,15H,(H,16,17). The molecule has 86 valence electrons. The molecule has 17 heavy (non-hydrogen) atoms. The van der Waals surface area contributed by atoms with Crippen molar-refractivity contribution in [3.63, 3.8) is 0 Å². The van der Waals surface area contributed by atoms with Crippen molar-refractivity contribution in [2.45, 2.75) is 0 Å². The lowest BCUT2D eigenvalue weighted by Gasteiger charge is -2.05. The van der Waals surface area contributed by atoms with Gasteiger partial charge < -0.3 is 10.2 Å². The van der Waals surface area contributed by atoms with Crippen LogP contribution in [-0.2, 0) is 0 Å². The van der Waals surface area contributed by atoms with Crippen LogP contribution in [0.3, 0.4) is 0 Å². The van der Waals surface area contributed by atoms with Gasteiger partial charge in [-0.2, -0.15) is 0 Å². The molecule has 0 aliphatic carbocycles. The number of phenolic OH excluding ortho intramolecular Hbond substituents is 1. The second kappa shape index (κ2) is 4.25. The molecule has 0 saturated carbocycles. The van der Waals surface area contributed by atoms with E-state index in [1.54, 1.807) is 12.1 Å². The van der Waals surface area contributed by atoms with Crippen LogP contribution in [0.1, 0.15) is 10.4 Å². The Morgan fingerprint density at radius 1 is 1.12 bits per heavy atom. The van der Waals surface area contributed by atoms with Gasteiger partial charge in [0.1, 0.15) is 11.6 Å². The number of carbonyl (C=O) groups is 1. The number of carboxylic acids is 1. The SMILES string of the molecule is O=C(O)c1ccc(-c2cccc(O)c2)c(F)c1. The number of aromatic carboxylic acids is 1. The zero-order valence-corrected chi connectivity index (χ0v) is 8.72. The van der Waals surface area contributed by atoms with Crippen molar-refractivity contribution in [2.24, 2.45) is 0 Å². The first-order valence-corrected chi connectivity index (χ1v) is 4.90. The molecule has 0 unspecified atom stereocenters. The van der Waals surface area contributed by atoms with Gasteiger partial charge in [-0.1, -0.05) is 18.2 Å². The van der Waals surface area contributed by atoms with Crippen LogP contribution >= 0.6 is 0 Å². The highest BCUT2D eigenvalue weighted by Crippen LogP contribution is 2.26. The third-order valence-electron chi connectivity index (χ3n) is 2.37. The van der Waals surface area contributed by atoms with Gasteiger partial charge in [-0.25, -0.2) is 9.18 Å². The summed E-state index contributed by atoms with van der Waals surface area (Å²) < 4.78 is 13.7. The van der Waals surface area contributed by atoms with Crippen molar-refractivity contribution in [3.8, 4) is 16.9 Å². The third-order valence-corrected chi connectivity index (χ3v) is 2.37. The largest absolute Gasteiger partial charge is 0.508 e. The van der Waals surface area contributed by atoms with Crippen molar-refractivity contribution in [1.82, 2.24) is 0 Å². The number of benzene rings is 2. The van der Waals surface area contributed by atoms with E-state index in [1.165, 1.54) is 24.3 Å². The Hall–Kier alpha value is -2.36. The van der Waals surface area contributed by atoms with Gasteiger partial charge in [0.25, 0.3) is 0 Å². The van der Waals surface area contributed by atoms with E-state index in [0.717, 1.165) is 6.07 Å². The molecule has 0 aromatic heterocycles. The number of carboxylic acid groups (broad SMARTS) is 1. The zero-order chi connectivity index (χ0) is 12.4. The van der Waals surface area contributed by atoms with E-state index in [-0.39, 0.29) is 16.9 Å². The highest BCUT2D eigenvalue weighted by atomic mass is 19.1. The molecule has 0 aliphatic rings. The molecule has 2 N–H and O–H groups in total. The molecule has 0 spiro atoms. The Labute approximate surface area is 96.8 Å². The smallest absolute Gasteiger partial charge is 0.335 e. The first kappa shape index (κ1) is 11.1. The average molecular weight is 232 g/mol. The average Bonchev–Trinajstić information content (AvgIpc) is 2.28. The molecule has 4 heteroatoms. The highest BCUT2D eigenvalue weighted by molar-refractivity contribution is 5.88. The third kappa shape index (κ3) is 2.25. The molecule has 0 radical (unpaired) electrons. The van der Waals surface area contributed by atoms with E-state index < -0.39 is 11.8 Å². The molecular formula is C13H9FO3. The topological polar surface area (TPSA) is 57.5 Å². The van der Waals surface area contributed by atoms with E-state index in [0.29, 0.717) is 5.56 Å². The molecule has 0 fully saturated rings. The lowest BCUT2D eigenvalue weighted by atomic mass is 10.0. The van der Waals surface area contributed by atoms with Gasteiger partial charge in [0.05, 0.1) is 5.56 Å². The van der Waals surface area contributed by atoms with Crippen molar-refractivity contribution < 1.29 is 19.4 Å². The molecule has 0 saturated heterocycles. The number of rotatable bonds is 2. The summed E-state index contributed by atoms with van der Waals surface area (Å²) in [6.45, 7) is 0. The second-order valence-electron chi connectivity index (χ2n) is 3.55. The first-order chi connectivity index (χ1) is 8.08. The molecular weight excluding hydrogens is 223 g/mol. The Morgan fingerprint density at radius 3 is 2.47 bits per heavy atom. The zero-order valence-electron chi connectivity index (χ0n) is 8.72. The quantitative estimate of drug-likeness (QED) is 0.836. The fourth-order valence-electron chi connectivity index (χ4n) is 1.56. The van der Waals surface area contributed by atoms with E-state index >= 15 is 0 Å². The van der Waals surface area contributed by atoms with Crippen LogP contribution in [0.5, 0.6) is 5.75 Å². The minimum atomic E-state index is -1.17. The number of hydrogen-bond donors (Lipinski definition) is 2. The summed E-state index contributed by atoms with van der Waals surface area (Å²) in [6.07, 6.45) is 0. The molecule has 0 bridgehead atoms. The van der Waals surface area contributed by atoms with Crippen LogP contribution in [0, 0.1) is 5.82 Å². The minimum absolute atomic E-state index is 0.0317. The lowest BCUT2D eigenvalue weighted by molar-refractivity contribution is 0.0696. The number of aromatic hydroxyl groups is 1. The molecule has 2 rings (SSSR count). The fourth-order valence-corrected chi connectivity index (χ4v) is 1.56. The maximum Gasteiger partial charge on any atom is 0.335 e. The number of phenols is 1. The van der Waals surface area contributed by atoms with Crippen molar-refractivity contribution >= 4 is 5.97 Å². The highest BCUT2D eigenvalue weighted by Gasteiger charge is 2.09. The van der Waals surface area contributed by atoms with Crippen LogP contribution < -0.4 is 0 Å². The van der Waals surface area contributed by atoms with Gasteiger partial charge >= 0.3 is 5.97 Å². The summed E-state index contributed by atoms with van der Waals surface area (Å²) in [6, 6.07) is 9.79. The molecule has 0 amide bonds. The lowest BCUT2D eigenvalue weighted by Crippen LogP contribution is -1.97. The van der Waals surface area contributed by atoms with Gasteiger partial charge in [0, 0.05) is 5.56 Å². The van der Waals surface area contributed by atoms with E-state index in [9.17, 15) is 14.3 Å². The summed E-state index contributed by atoms with van der Waals surface area (Å²) in [4.78, 5) is 10.6. The monoisotopic (exact) mass is 232 g/mol. The molecule has 2 aromatic rings. The van der Waals surface area contributed by atoms with Gasteiger partial charge in [-0.3, -0.25) is 0 Å². The molecule has 0 aliphatic heterocycles. The maximum atomic E-state index is 13.7. The van der Waals surface area contributed by atoms with Gasteiger partial charge in [-0.05, 0) is 29.8 Å². The van der Waals surface area contributed by atoms with E-state index in [1.807, 2.05) is 0 Å². The molecule has 0 heterocycles. The van der Waals surface area contributed by atoms with Crippen LogP contribution in [0.25, 0.3) is 11.1 Å². The summed E-state index contributed by atoms with van der Waals surface area (Å²) in [5.74, 6) is -1.77.